The Bertz CT molecular complexity index is 513. The van der Waals surface area contributed by atoms with E-state index in [4.69, 9.17) is 0 Å². The quantitative estimate of drug-likeness (QED) is 0.807. The van der Waals surface area contributed by atoms with Crippen LogP contribution in [0.25, 0.3) is 0 Å². The van der Waals surface area contributed by atoms with Crippen LogP contribution in [0.2, 0.25) is 0 Å². The van der Waals surface area contributed by atoms with E-state index in [1.807, 2.05) is 12.1 Å². The summed E-state index contributed by atoms with van der Waals surface area (Å²) in [5, 5.41) is 13.5. The number of rotatable bonds is 7. The van der Waals surface area contributed by atoms with Crippen LogP contribution in [-0.2, 0) is 4.79 Å². The minimum Gasteiger partial charge on any atom is -0.387 e. The minimum absolute atomic E-state index is 0.0563. The second kappa shape index (κ2) is 9.19. The van der Waals surface area contributed by atoms with E-state index in [0.29, 0.717) is 12.5 Å². The van der Waals surface area contributed by atoms with Crippen molar-refractivity contribution < 1.29 is 9.90 Å². The van der Waals surface area contributed by atoms with Gasteiger partial charge in [-0.25, -0.2) is 0 Å². The maximum Gasteiger partial charge on any atom is 0.224 e. The second-order valence-electron chi connectivity index (χ2n) is 7.23. The smallest absolute Gasteiger partial charge is 0.224 e. The van der Waals surface area contributed by atoms with Crippen LogP contribution >= 0.6 is 0 Å². The Balaban J connectivity index is 1.88. The largest absolute Gasteiger partial charge is 0.387 e. The fourth-order valence-corrected chi connectivity index (χ4v) is 3.28. The molecule has 0 spiro atoms. The van der Waals surface area contributed by atoms with E-state index in [2.05, 4.69) is 43.1 Å². The summed E-state index contributed by atoms with van der Waals surface area (Å²) in [6.45, 7) is 9.45. The van der Waals surface area contributed by atoms with Crippen LogP contribution in [0.3, 0.4) is 0 Å². The molecule has 1 aliphatic heterocycles. The van der Waals surface area contributed by atoms with Gasteiger partial charge in [0.1, 0.15) is 0 Å². The van der Waals surface area contributed by atoms with Crippen LogP contribution in [0.15, 0.2) is 24.3 Å². The molecule has 1 aromatic carbocycles. The standard InChI is InChI=1S/C20H32N2O2/c1-4-11-21-20(24)18-6-5-12-22(13-18)14-19(23)17-9-7-16(8-10-17)15(2)3/h7-10,15,18-19,23H,4-6,11-14H2,1-3H3,(H,21,24). The maximum absolute atomic E-state index is 12.2. The molecule has 4 heteroatoms. The van der Waals surface area contributed by atoms with Gasteiger partial charge in [-0.05, 0) is 42.9 Å². The molecule has 1 amide bonds. The number of β-amino-alcohol motifs (C(OH)–C–C–N with tert-alkyl or cyclic N) is 1. The van der Waals surface area contributed by atoms with Gasteiger partial charge in [-0.1, -0.05) is 45.0 Å². The lowest BCUT2D eigenvalue weighted by molar-refractivity contribution is -0.126. The van der Waals surface area contributed by atoms with Gasteiger partial charge >= 0.3 is 0 Å². The van der Waals surface area contributed by atoms with Crippen LogP contribution in [0.4, 0.5) is 0 Å². The molecular formula is C20H32N2O2. The lowest BCUT2D eigenvalue weighted by Crippen LogP contribution is -2.44. The molecule has 1 fully saturated rings. The Morgan fingerprint density at radius 1 is 1.29 bits per heavy atom. The zero-order chi connectivity index (χ0) is 17.5. The monoisotopic (exact) mass is 332 g/mol. The van der Waals surface area contributed by atoms with Gasteiger partial charge in [0.25, 0.3) is 0 Å². The number of carbonyl (C=O) groups is 1. The fraction of sp³-hybridized carbons (Fsp3) is 0.650. The number of aliphatic hydroxyl groups excluding tert-OH is 1. The van der Waals surface area contributed by atoms with E-state index in [9.17, 15) is 9.90 Å². The highest BCUT2D eigenvalue weighted by molar-refractivity contribution is 5.78. The first-order chi connectivity index (χ1) is 11.5. The SMILES string of the molecule is CCCNC(=O)C1CCCN(CC(O)c2ccc(C(C)C)cc2)C1. The summed E-state index contributed by atoms with van der Waals surface area (Å²) in [4.78, 5) is 14.4. The first-order valence-electron chi connectivity index (χ1n) is 9.29. The normalized spacial score (nSPS) is 20.1. The molecule has 0 saturated carbocycles. The summed E-state index contributed by atoms with van der Waals surface area (Å²) in [6.07, 6.45) is 2.44. The van der Waals surface area contributed by atoms with Gasteiger partial charge in [0, 0.05) is 19.6 Å². The van der Waals surface area contributed by atoms with Crippen molar-refractivity contribution in [1.82, 2.24) is 10.2 Å². The summed E-state index contributed by atoms with van der Waals surface area (Å²) in [5.41, 5.74) is 2.24. The van der Waals surface area contributed by atoms with Gasteiger partial charge in [0.05, 0.1) is 12.0 Å². The predicted octanol–water partition coefficient (Wildman–Crippen LogP) is 3.08. The van der Waals surface area contributed by atoms with Crippen molar-refractivity contribution in [2.75, 3.05) is 26.2 Å². The Labute approximate surface area is 146 Å². The van der Waals surface area contributed by atoms with Crippen LogP contribution in [0.5, 0.6) is 0 Å². The summed E-state index contributed by atoms with van der Waals surface area (Å²) >= 11 is 0. The first kappa shape index (κ1) is 18.9. The number of likely N-dealkylation sites (tertiary alicyclic amines) is 1. The molecule has 0 aliphatic carbocycles. The highest BCUT2D eigenvalue weighted by atomic mass is 16.3. The van der Waals surface area contributed by atoms with Gasteiger partial charge in [-0.2, -0.15) is 0 Å². The third-order valence-electron chi connectivity index (χ3n) is 4.84. The Morgan fingerprint density at radius 2 is 1.96 bits per heavy atom. The molecule has 4 nitrogen and oxygen atoms in total. The van der Waals surface area contributed by atoms with Gasteiger partial charge < -0.3 is 10.4 Å². The lowest BCUT2D eigenvalue weighted by atomic mass is 9.96. The Hall–Kier alpha value is -1.39. The van der Waals surface area contributed by atoms with Crippen molar-refractivity contribution in [3.8, 4) is 0 Å². The number of aliphatic hydroxyl groups is 1. The fourth-order valence-electron chi connectivity index (χ4n) is 3.28. The minimum atomic E-state index is -0.497. The van der Waals surface area contributed by atoms with E-state index in [1.165, 1.54) is 5.56 Å². The molecule has 1 aliphatic rings. The zero-order valence-corrected chi connectivity index (χ0v) is 15.3. The third-order valence-corrected chi connectivity index (χ3v) is 4.84. The number of amides is 1. The molecule has 1 heterocycles. The van der Waals surface area contributed by atoms with Crippen LogP contribution in [-0.4, -0.2) is 42.1 Å². The van der Waals surface area contributed by atoms with Crippen LogP contribution in [0.1, 0.15) is 63.2 Å². The van der Waals surface area contributed by atoms with Crippen LogP contribution in [0, 0.1) is 5.92 Å². The molecule has 2 unspecified atom stereocenters. The van der Waals surface area contributed by atoms with E-state index < -0.39 is 6.10 Å². The molecular weight excluding hydrogens is 300 g/mol. The zero-order valence-electron chi connectivity index (χ0n) is 15.3. The number of hydrogen-bond donors (Lipinski definition) is 2. The number of nitrogens with zero attached hydrogens (tertiary/aromatic N) is 1. The molecule has 0 radical (unpaired) electrons. The van der Waals surface area contributed by atoms with E-state index in [1.54, 1.807) is 0 Å². The van der Waals surface area contributed by atoms with Gasteiger partial charge in [-0.3, -0.25) is 9.69 Å². The summed E-state index contributed by atoms with van der Waals surface area (Å²) in [7, 11) is 0. The highest BCUT2D eigenvalue weighted by Gasteiger charge is 2.26. The second-order valence-corrected chi connectivity index (χ2v) is 7.23. The van der Waals surface area contributed by atoms with E-state index in [0.717, 1.165) is 44.5 Å². The Kier molecular flexibility index (Phi) is 7.25. The van der Waals surface area contributed by atoms with Crippen molar-refractivity contribution in [3.05, 3.63) is 35.4 Å². The molecule has 0 aromatic heterocycles. The molecule has 2 atom stereocenters. The van der Waals surface area contributed by atoms with Crippen molar-refractivity contribution in [2.24, 2.45) is 5.92 Å². The van der Waals surface area contributed by atoms with E-state index >= 15 is 0 Å². The highest BCUT2D eigenvalue weighted by Crippen LogP contribution is 2.22. The third kappa shape index (κ3) is 5.32. The predicted molar refractivity (Wildman–Crippen MR) is 98.0 cm³/mol. The molecule has 2 N–H and O–H groups in total. The number of benzene rings is 1. The van der Waals surface area contributed by atoms with Crippen molar-refractivity contribution in [3.63, 3.8) is 0 Å². The number of carbonyl (C=O) groups excluding carboxylic acids is 1. The van der Waals surface area contributed by atoms with Crippen LogP contribution < -0.4 is 5.32 Å². The Morgan fingerprint density at radius 3 is 2.58 bits per heavy atom. The molecule has 134 valence electrons. The van der Waals surface area contributed by atoms with Crippen molar-refractivity contribution in [2.45, 2.75) is 52.1 Å². The number of piperidine rings is 1. The van der Waals surface area contributed by atoms with Crippen molar-refractivity contribution >= 4 is 5.91 Å². The maximum atomic E-state index is 12.2. The van der Waals surface area contributed by atoms with Gasteiger partial charge in [0.15, 0.2) is 0 Å². The summed E-state index contributed by atoms with van der Waals surface area (Å²) in [5.74, 6) is 0.721. The van der Waals surface area contributed by atoms with Gasteiger partial charge in [0.2, 0.25) is 5.91 Å². The first-order valence-corrected chi connectivity index (χ1v) is 9.29. The topological polar surface area (TPSA) is 52.6 Å². The molecule has 1 aromatic rings. The molecule has 1 saturated heterocycles. The molecule has 2 rings (SSSR count). The van der Waals surface area contributed by atoms with Crippen molar-refractivity contribution in [1.29, 1.82) is 0 Å². The summed E-state index contributed by atoms with van der Waals surface area (Å²) < 4.78 is 0. The van der Waals surface area contributed by atoms with E-state index in [-0.39, 0.29) is 11.8 Å². The van der Waals surface area contributed by atoms with Gasteiger partial charge in [-0.15, -0.1) is 0 Å². The average Bonchev–Trinajstić information content (AvgIpc) is 2.60. The number of hydrogen-bond acceptors (Lipinski definition) is 3. The molecule has 24 heavy (non-hydrogen) atoms. The molecule has 0 bridgehead atoms. The average molecular weight is 332 g/mol. The lowest BCUT2D eigenvalue weighted by Gasteiger charge is -2.33. The number of nitrogens with one attached hydrogen (secondary N) is 1. The summed E-state index contributed by atoms with van der Waals surface area (Å²) in [6, 6.07) is 8.24.